The number of nitrogens with one attached hydrogen (secondary N) is 1. The van der Waals surface area contributed by atoms with Gasteiger partial charge in [-0.15, -0.1) is 0 Å². The van der Waals surface area contributed by atoms with E-state index in [-0.39, 0.29) is 0 Å². The first-order valence-electron chi connectivity index (χ1n) is 5.61. The molecule has 0 saturated heterocycles. The molecule has 2 radical (unpaired) electrons. The second-order valence-electron chi connectivity index (χ2n) is 4.00. The zero-order chi connectivity index (χ0) is 11.7. The van der Waals surface area contributed by atoms with Gasteiger partial charge in [-0.05, 0) is 12.1 Å². The molecule has 1 N–H and O–H groups in total. The minimum absolute atomic E-state index is 0.570. The highest BCUT2D eigenvalue weighted by Gasteiger charge is 2.03. The number of rotatable bonds is 2. The van der Waals surface area contributed by atoms with Gasteiger partial charge in [-0.2, -0.15) is 0 Å². The van der Waals surface area contributed by atoms with Crippen LogP contribution in [0.4, 0.5) is 0 Å². The third-order valence-electron chi connectivity index (χ3n) is 2.85. The van der Waals surface area contributed by atoms with E-state index in [1.165, 1.54) is 0 Å². The van der Waals surface area contributed by atoms with Gasteiger partial charge >= 0.3 is 0 Å². The van der Waals surface area contributed by atoms with Crippen molar-refractivity contribution in [2.24, 2.45) is 0 Å². The Morgan fingerprint density at radius 1 is 1.00 bits per heavy atom. The standard InChI is InChI=1S/C14H11BN2/c15-9-10-5-7-11(8-6-10)14-16-12-3-1-2-4-13(12)17-14/h1-8H,9H2,(H,16,17). The quantitative estimate of drug-likeness (QED) is 0.658. The predicted octanol–water partition coefficient (Wildman–Crippen LogP) is 2.90. The molecule has 0 amide bonds. The van der Waals surface area contributed by atoms with Crippen molar-refractivity contribution in [1.29, 1.82) is 0 Å². The van der Waals surface area contributed by atoms with Crippen molar-refractivity contribution in [2.75, 3.05) is 0 Å². The molecular formula is C14H11BN2. The molecule has 1 heterocycles. The van der Waals surface area contributed by atoms with Crippen LogP contribution in [-0.4, -0.2) is 17.8 Å². The Kier molecular flexibility index (Phi) is 2.44. The molecule has 3 aromatic rings. The van der Waals surface area contributed by atoms with Gasteiger partial charge in [0.2, 0.25) is 0 Å². The number of imidazole rings is 1. The van der Waals surface area contributed by atoms with Crippen LogP contribution in [0.25, 0.3) is 22.4 Å². The lowest BCUT2D eigenvalue weighted by Gasteiger charge is -1.98. The van der Waals surface area contributed by atoms with Crippen LogP contribution in [0, 0.1) is 0 Å². The van der Waals surface area contributed by atoms with Crippen LogP contribution in [0.3, 0.4) is 0 Å². The largest absolute Gasteiger partial charge is 0.338 e. The fourth-order valence-electron chi connectivity index (χ4n) is 1.89. The van der Waals surface area contributed by atoms with E-state index in [4.69, 9.17) is 7.85 Å². The maximum atomic E-state index is 5.58. The number of fused-ring (bicyclic) bond motifs is 1. The van der Waals surface area contributed by atoms with Gasteiger partial charge in [-0.1, -0.05) is 48.3 Å². The van der Waals surface area contributed by atoms with E-state index in [0.29, 0.717) is 6.32 Å². The second kappa shape index (κ2) is 4.09. The Morgan fingerprint density at radius 3 is 2.47 bits per heavy atom. The number of aromatic nitrogens is 2. The minimum Gasteiger partial charge on any atom is -0.338 e. The molecule has 3 heteroatoms. The van der Waals surface area contributed by atoms with Crippen LogP contribution >= 0.6 is 0 Å². The third kappa shape index (κ3) is 1.84. The lowest BCUT2D eigenvalue weighted by atomic mass is 9.96. The van der Waals surface area contributed by atoms with E-state index in [0.717, 1.165) is 28.0 Å². The molecule has 0 spiro atoms. The highest BCUT2D eigenvalue weighted by Crippen LogP contribution is 2.20. The summed E-state index contributed by atoms with van der Waals surface area (Å²) in [7, 11) is 5.58. The molecule has 2 aromatic carbocycles. The summed E-state index contributed by atoms with van der Waals surface area (Å²) in [5, 5.41) is 0. The van der Waals surface area contributed by atoms with Crippen molar-refractivity contribution in [3.8, 4) is 11.4 Å². The number of para-hydroxylation sites is 2. The first-order valence-corrected chi connectivity index (χ1v) is 5.61. The van der Waals surface area contributed by atoms with E-state index >= 15 is 0 Å². The fraction of sp³-hybridized carbons (Fsp3) is 0.0714. The monoisotopic (exact) mass is 218 g/mol. The number of aromatic amines is 1. The molecule has 3 rings (SSSR count). The first kappa shape index (κ1) is 10.1. The molecule has 0 fully saturated rings. The average molecular weight is 218 g/mol. The highest BCUT2D eigenvalue weighted by molar-refractivity contribution is 6.08. The predicted molar refractivity (Wildman–Crippen MR) is 71.0 cm³/mol. The van der Waals surface area contributed by atoms with Gasteiger partial charge < -0.3 is 4.98 Å². The molecule has 0 saturated carbocycles. The fourth-order valence-corrected chi connectivity index (χ4v) is 1.89. The van der Waals surface area contributed by atoms with Gasteiger partial charge in [-0.3, -0.25) is 0 Å². The molecule has 2 nitrogen and oxygen atoms in total. The number of nitrogens with zero attached hydrogens (tertiary/aromatic N) is 1. The van der Waals surface area contributed by atoms with Crippen LogP contribution < -0.4 is 0 Å². The average Bonchev–Trinajstić information content (AvgIpc) is 2.82. The van der Waals surface area contributed by atoms with E-state index in [1.807, 2.05) is 48.5 Å². The van der Waals surface area contributed by atoms with Crippen molar-refractivity contribution in [3.05, 3.63) is 54.1 Å². The van der Waals surface area contributed by atoms with Crippen molar-refractivity contribution >= 4 is 18.9 Å². The summed E-state index contributed by atoms with van der Waals surface area (Å²) in [5.74, 6) is 0.898. The number of H-pyrrole nitrogens is 1. The van der Waals surface area contributed by atoms with Crippen LogP contribution in [0.1, 0.15) is 5.56 Å². The van der Waals surface area contributed by atoms with Crippen LogP contribution in [0.15, 0.2) is 48.5 Å². The highest BCUT2D eigenvalue weighted by atomic mass is 14.9. The smallest absolute Gasteiger partial charge is 0.138 e. The summed E-state index contributed by atoms with van der Waals surface area (Å²) in [6, 6.07) is 16.2. The molecule has 0 aliphatic rings. The molecule has 0 aliphatic carbocycles. The summed E-state index contributed by atoms with van der Waals surface area (Å²) in [6.07, 6.45) is 0.570. The van der Waals surface area contributed by atoms with Crippen LogP contribution in [0.2, 0.25) is 0 Å². The van der Waals surface area contributed by atoms with Gasteiger partial charge in [0.25, 0.3) is 0 Å². The second-order valence-corrected chi connectivity index (χ2v) is 4.00. The molecule has 1 aromatic heterocycles. The maximum Gasteiger partial charge on any atom is 0.138 e. The Bertz CT molecular complexity index is 608. The number of benzene rings is 2. The molecule has 0 atom stereocenters. The van der Waals surface area contributed by atoms with Gasteiger partial charge in [0.05, 0.1) is 18.9 Å². The normalized spacial score (nSPS) is 10.8. The summed E-state index contributed by atoms with van der Waals surface area (Å²) in [4.78, 5) is 7.86. The van der Waals surface area contributed by atoms with Gasteiger partial charge in [-0.25, -0.2) is 4.98 Å². The van der Waals surface area contributed by atoms with E-state index in [9.17, 15) is 0 Å². The van der Waals surface area contributed by atoms with Crippen LogP contribution in [-0.2, 0) is 6.32 Å². The summed E-state index contributed by atoms with van der Waals surface area (Å²) >= 11 is 0. The molecule has 0 bridgehead atoms. The summed E-state index contributed by atoms with van der Waals surface area (Å²) in [5.41, 5.74) is 4.26. The zero-order valence-electron chi connectivity index (χ0n) is 9.35. The van der Waals surface area contributed by atoms with Crippen molar-refractivity contribution in [1.82, 2.24) is 9.97 Å². The first-order chi connectivity index (χ1) is 8.36. The van der Waals surface area contributed by atoms with Crippen molar-refractivity contribution < 1.29 is 0 Å². The summed E-state index contributed by atoms with van der Waals surface area (Å²) in [6.45, 7) is 0. The van der Waals surface area contributed by atoms with Crippen molar-refractivity contribution in [3.63, 3.8) is 0 Å². The van der Waals surface area contributed by atoms with Crippen LogP contribution in [0.5, 0.6) is 0 Å². The Balaban J connectivity index is 2.07. The lowest BCUT2D eigenvalue weighted by Crippen LogP contribution is -1.84. The van der Waals surface area contributed by atoms with E-state index in [1.54, 1.807) is 0 Å². The van der Waals surface area contributed by atoms with Crippen molar-refractivity contribution in [2.45, 2.75) is 6.32 Å². The number of hydrogen-bond donors (Lipinski definition) is 1. The van der Waals surface area contributed by atoms with E-state index in [2.05, 4.69) is 9.97 Å². The third-order valence-corrected chi connectivity index (χ3v) is 2.85. The Labute approximate surface area is 101 Å². The SMILES string of the molecule is [B]Cc1ccc(-c2nc3ccccc3[nH]2)cc1. The molecule has 0 unspecified atom stereocenters. The van der Waals surface area contributed by atoms with Gasteiger partial charge in [0.15, 0.2) is 0 Å². The van der Waals surface area contributed by atoms with Gasteiger partial charge in [0, 0.05) is 5.56 Å². The molecule has 80 valence electrons. The molecular weight excluding hydrogens is 207 g/mol. The molecule has 17 heavy (non-hydrogen) atoms. The summed E-state index contributed by atoms with van der Waals surface area (Å²) < 4.78 is 0. The maximum absolute atomic E-state index is 5.58. The van der Waals surface area contributed by atoms with Gasteiger partial charge in [0.1, 0.15) is 5.82 Å². The molecule has 0 aliphatic heterocycles. The zero-order valence-corrected chi connectivity index (χ0v) is 9.35. The number of hydrogen-bond acceptors (Lipinski definition) is 1. The lowest BCUT2D eigenvalue weighted by molar-refractivity contribution is 1.32. The topological polar surface area (TPSA) is 28.7 Å². The van der Waals surface area contributed by atoms with E-state index < -0.39 is 0 Å². The Hall–Kier alpha value is -2.03. The minimum atomic E-state index is 0.570. The Morgan fingerprint density at radius 2 is 1.76 bits per heavy atom.